The van der Waals surface area contributed by atoms with E-state index in [4.69, 9.17) is 19.9 Å². The van der Waals surface area contributed by atoms with E-state index in [2.05, 4.69) is 35.8 Å². The van der Waals surface area contributed by atoms with Crippen LogP contribution in [0.1, 0.15) is 16.1 Å². The van der Waals surface area contributed by atoms with Crippen molar-refractivity contribution in [3.8, 4) is 40.1 Å². The van der Waals surface area contributed by atoms with Gasteiger partial charge in [-0.05, 0) is 34.6 Å². The van der Waals surface area contributed by atoms with Crippen molar-refractivity contribution >= 4 is 17.9 Å². The lowest BCUT2D eigenvalue weighted by atomic mass is 10.1. The van der Waals surface area contributed by atoms with Crippen molar-refractivity contribution in [3.05, 3.63) is 47.7 Å². The molecule has 0 aliphatic carbocycles. The Morgan fingerprint density at radius 1 is 1.14 bits per heavy atom. The molecule has 14 heteroatoms. The van der Waals surface area contributed by atoms with Gasteiger partial charge in [0.15, 0.2) is 17.2 Å². The first-order valence-corrected chi connectivity index (χ1v) is 9.93. The van der Waals surface area contributed by atoms with Crippen molar-refractivity contribution in [2.24, 2.45) is 5.10 Å². The van der Waals surface area contributed by atoms with Gasteiger partial charge < -0.3 is 25.1 Å². The van der Waals surface area contributed by atoms with Gasteiger partial charge in [0, 0.05) is 11.1 Å². The third kappa shape index (κ3) is 4.52. The normalized spacial score (nSPS) is 10.9. The number of hydrogen-bond acceptors (Lipinski definition) is 12. The first kappa shape index (κ1) is 23.0. The number of carbonyl (C=O) groups is 1. The summed E-state index contributed by atoms with van der Waals surface area (Å²) >= 11 is 0. The van der Waals surface area contributed by atoms with Crippen molar-refractivity contribution < 1.29 is 28.7 Å². The molecular formula is C21H20N8O6. The van der Waals surface area contributed by atoms with Crippen LogP contribution in [0.2, 0.25) is 0 Å². The molecule has 2 aromatic carbocycles. The van der Waals surface area contributed by atoms with Crippen molar-refractivity contribution in [2.75, 3.05) is 27.1 Å². The van der Waals surface area contributed by atoms with Gasteiger partial charge in [0.1, 0.15) is 11.4 Å². The van der Waals surface area contributed by atoms with Crippen LogP contribution >= 0.6 is 0 Å². The Kier molecular flexibility index (Phi) is 6.44. The van der Waals surface area contributed by atoms with Gasteiger partial charge >= 0.3 is 0 Å². The molecule has 1 amide bonds. The number of phenols is 1. The molecule has 0 radical (unpaired) electrons. The number of aromatic hydroxyl groups is 1. The van der Waals surface area contributed by atoms with Crippen LogP contribution in [0, 0.1) is 0 Å². The van der Waals surface area contributed by atoms with E-state index in [0.29, 0.717) is 16.9 Å². The van der Waals surface area contributed by atoms with E-state index in [9.17, 15) is 9.90 Å². The van der Waals surface area contributed by atoms with Crippen molar-refractivity contribution in [3.63, 3.8) is 0 Å². The molecule has 0 fully saturated rings. The Bertz CT molecular complexity index is 1370. The Labute approximate surface area is 197 Å². The fourth-order valence-corrected chi connectivity index (χ4v) is 3.16. The molecule has 180 valence electrons. The van der Waals surface area contributed by atoms with Crippen LogP contribution in [0.5, 0.6) is 23.0 Å². The lowest BCUT2D eigenvalue weighted by molar-refractivity contribution is 0.0950. The summed E-state index contributed by atoms with van der Waals surface area (Å²) in [6, 6.07) is 9.94. The summed E-state index contributed by atoms with van der Waals surface area (Å²) in [7, 11) is 4.32. The molecule has 2 heterocycles. The Morgan fingerprint density at radius 2 is 1.89 bits per heavy atom. The number of hydrazone groups is 1. The number of hydrogen-bond donors (Lipinski definition) is 3. The number of rotatable bonds is 8. The number of carbonyl (C=O) groups excluding carboxylic acids is 1. The maximum atomic E-state index is 13.0. The monoisotopic (exact) mass is 480 g/mol. The van der Waals surface area contributed by atoms with Gasteiger partial charge in [0.2, 0.25) is 17.4 Å². The van der Waals surface area contributed by atoms with Gasteiger partial charge in [-0.2, -0.15) is 9.78 Å². The number of nitrogens with one attached hydrogen (secondary N) is 1. The van der Waals surface area contributed by atoms with E-state index >= 15 is 0 Å². The summed E-state index contributed by atoms with van der Waals surface area (Å²) in [5.41, 5.74) is 9.44. The molecule has 4 rings (SSSR count). The highest BCUT2D eigenvalue weighted by Gasteiger charge is 2.25. The molecule has 0 aliphatic rings. The predicted molar refractivity (Wildman–Crippen MR) is 122 cm³/mol. The van der Waals surface area contributed by atoms with Crippen LogP contribution < -0.4 is 25.4 Å². The third-order valence-electron chi connectivity index (χ3n) is 4.81. The zero-order chi connectivity index (χ0) is 24.9. The van der Waals surface area contributed by atoms with Crippen LogP contribution in [0.4, 0.5) is 5.82 Å². The lowest BCUT2D eigenvalue weighted by Crippen LogP contribution is -2.19. The van der Waals surface area contributed by atoms with Crippen LogP contribution in [-0.4, -0.2) is 63.9 Å². The van der Waals surface area contributed by atoms with Gasteiger partial charge in [-0.1, -0.05) is 17.3 Å². The fraction of sp³-hybridized carbons (Fsp3) is 0.143. The number of nitrogens with two attached hydrogens (primary N) is 1. The minimum absolute atomic E-state index is 0.0424. The lowest BCUT2D eigenvalue weighted by Gasteiger charge is -2.09. The van der Waals surface area contributed by atoms with Gasteiger partial charge in [0.05, 0.1) is 27.5 Å². The highest BCUT2D eigenvalue weighted by atomic mass is 16.6. The Balaban J connectivity index is 1.68. The Hall–Kier alpha value is -5.14. The van der Waals surface area contributed by atoms with Gasteiger partial charge in [-0.25, -0.2) is 10.1 Å². The standard InChI is InChI=1S/C21H20N8O6/c1-32-13-6-4-5-12(9-13)17-16(24-28-29(17)20-19(22)26-35-27-20)21(31)25-23-10-11-7-14(33-2)18(30)15(8-11)34-3/h4-10,30H,1-3H3,(H2,22,26)(H,25,31). The number of nitrogens with zero attached hydrogens (tertiary/aromatic N) is 6. The SMILES string of the molecule is COc1cccc(-c2c(C(=O)NN=Cc3cc(OC)c(O)c(OC)c3)nnn2-c2nonc2N)c1. The molecule has 0 unspecified atom stereocenters. The van der Waals surface area contributed by atoms with E-state index in [1.54, 1.807) is 24.3 Å². The average Bonchev–Trinajstić information content (AvgIpc) is 3.50. The molecule has 14 nitrogen and oxygen atoms in total. The highest BCUT2D eigenvalue weighted by Crippen LogP contribution is 2.36. The topological polar surface area (TPSA) is 185 Å². The Morgan fingerprint density at radius 3 is 2.51 bits per heavy atom. The van der Waals surface area contributed by atoms with Gasteiger partial charge in [-0.15, -0.1) is 5.10 Å². The molecule has 0 aliphatic heterocycles. The van der Waals surface area contributed by atoms with Gasteiger partial charge in [-0.3, -0.25) is 4.79 Å². The number of ether oxygens (including phenoxy) is 3. The molecule has 0 atom stereocenters. The molecule has 4 aromatic rings. The average molecular weight is 480 g/mol. The maximum Gasteiger partial charge on any atom is 0.294 e. The first-order valence-electron chi connectivity index (χ1n) is 9.93. The number of anilines is 1. The minimum Gasteiger partial charge on any atom is -0.502 e. The van der Waals surface area contributed by atoms with E-state index in [0.717, 1.165) is 0 Å². The number of amides is 1. The second kappa shape index (κ2) is 9.78. The smallest absolute Gasteiger partial charge is 0.294 e. The predicted octanol–water partition coefficient (Wildman–Crippen LogP) is 1.39. The van der Waals surface area contributed by atoms with E-state index in [1.165, 1.54) is 44.4 Å². The summed E-state index contributed by atoms with van der Waals surface area (Å²) in [4.78, 5) is 13.0. The number of aromatic nitrogens is 5. The zero-order valence-electron chi connectivity index (χ0n) is 18.8. The molecule has 35 heavy (non-hydrogen) atoms. The number of nitrogen functional groups attached to an aromatic ring is 1. The van der Waals surface area contributed by atoms with Gasteiger partial charge in [0.25, 0.3) is 5.91 Å². The summed E-state index contributed by atoms with van der Waals surface area (Å²) in [5.74, 6) is 0.0929. The summed E-state index contributed by atoms with van der Waals surface area (Å²) in [5, 5.41) is 29.3. The van der Waals surface area contributed by atoms with Crippen molar-refractivity contribution in [1.29, 1.82) is 0 Å². The third-order valence-corrected chi connectivity index (χ3v) is 4.81. The molecule has 0 saturated carbocycles. The summed E-state index contributed by atoms with van der Waals surface area (Å²) in [6.45, 7) is 0. The van der Waals surface area contributed by atoms with Crippen LogP contribution in [0.3, 0.4) is 0 Å². The van der Waals surface area contributed by atoms with Crippen molar-refractivity contribution in [2.45, 2.75) is 0 Å². The van der Waals surface area contributed by atoms with E-state index in [-0.39, 0.29) is 40.3 Å². The van der Waals surface area contributed by atoms with E-state index < -0.39 is 5.91 Å². The largest absolute Gasteiger partial charge is 0.502 e. The second-order valence-corrected chi connectivity index (χ2v) is 6.88. The zero-order valence-corrected chi connectivity index (χ0v) is 18.8. The van der Waals surface area contributed by atoms with Crippen molar-refractivity contribution in [1.82, 2.24) is 30.7 Å². The van der Waals surface area contributed by atoms with Crippen LogP contribution in [-0.2, 0) is 0 Å². The van der Waals surface area contributed by atoms with E-state index in [1.807, 2.05) is 0 Å². The summed E-state index contributed by atoms with van der Waals surface area (Å²) in [6.07, 6.45) is 1.34. The van der Waals surface area contributed by atoms with Crippen LogP contribution in [0.25, 0.3) is 17.1 Å². The fourth-order valence-electron chi connectivity index (χ4n) is 3.16. The number of benzene rings is 2. The first-order chi connectivity index (χ1) is 17.0. The number of phenolic OH excluding ortho intramolecular Hbond substituents is 1. The number of methoxy groups -OCH3 is 3. The summed E-state index contributed by atoms with van der Waals surface area (Å²) < 4.78 is 21.4. The minimum atomic E-state index is -0.668. The maximum absolute atomic E-state index is 13.0. The molecule has 4 N–H and O–H groups in total. The molecule has 0 spiro atoms. The molecular weight excluding hydrogens is 460 g/mol. The molecule has 0 bridgehead atoms. The quantitative estimate of drug-likeness (QED) is 0.244. The molecule has 0 saturated heterocycles. The van der Waals surface area contributed by atoms with Crippen LogP contribution in [0.15, 0.2) is 46.1 Å². The second-order valence-electron chi connectivity index (χ2n) is 6.88. The highest BCUT2D eigenvalue weighted by molar-refractivity contribution is 5.99. The molecule has 2 aromatic heterocycles.